The monoisotopic (exact) mass is 311 g/mol. The number of benzene rings is 1. The van der Waals surface area contributed by atoms with Gasteiger partial charge in [0.15, 0.2) is 0 Å². The lowest BCUT2D eigenvalue weighted by Crippen LogP contribution is -2.47. The highest BCUT2D eigenvalue weighted by Gasteiger charge is 2.26. The molecule has 2 heterocycles. The molecule has 0 N–H and O–H groups in total. The van der Waals surface area contributed by atoms with E-state index in [0.29, 0.717) is 5.69 Å². The molecule has 1 aromatic heterocycles. The molecule has 118 valence electrons. The molecule has 1 saturated heterocycles. The van der Waals surface area contributed by atoms with Gasteiger partial charge in [-0.15, -0.1) is 0 Å². The summed E-state index contributed by atoms with van der Waals surface area (Å²) >= 11 is 0. The third-order valence-electron chi connectivity index (χ3n) is 4.32. The summed E-state index contributed by atoms with van der Waals surface area (Å²) in [5.41, 5.74) is 0.797. The Balaban J connectivity index is 1.82. The SMILES string of the molecule is CN(c1ccncn1)C1CCCN(c2cccc(F)c2C#N)C1. The Hall–Kier alpha value is -2.68. The van der Waals surface area contributed by atoms with Gasteiger partial charge in [-0.2, -0.15) is 5.26 Å². The molecule has 0 radical (unpaired) electrons. The normalized spacial score (nSPS) is 17.6. The molecule has 0 aliphatic carbocycles. The van der Waals surface area contributed by atoms with Crippen LogP contribution in [0.4, 0.5) is 15.9 Å². The minimum atomic E-state index is -0.462. The Bertz CT molecular complexity index is 713. The van der Waals surface area contributed by atoms with Gasteiger partial charge in [-0.05, 0) is 31.0 Å². The molecule has 0 saturated carbocycles. The lowest BCUT2D eigenvalue weighted by molar-refractivity contribution is 0.484. The van der Waals surface area contributed by atoms with E-state index in [0.717, 1.165) is 31.7 Å². The van der Waals surface area contributed by atoms with E-state index in [4.69, 9.17) is 0 Å². The van der Waals surface area contributed by atoms with Crippen LogP contribution in [-0.2, 0) is 0 Å². The van der Waals surface area contributed by atoms with E-state index in [1.54, 1.807) is 12.3 Å². The summed E-state index contributed by atoms with van der Waals surface area (Å²) in [6.45, 7) is 1.56. The average Bonchev–Trinajstić information content (AvgIpc) is 2.61. The maximum absolute atomic E-state index is 13.8. The largest absolute Gasteiger partial charge is 0.368 e. The topological polar surface area (TPSA) is 56.1 Å². The minimum absolute atomic E-state index is 0.123. The molecule has 23 heavy (non-hydrogen) atoms. The van der Waals surface area contributed by atoms with Crippen LogP contribution in [0.25, 0.3) is 0 Å². The number of likely N-dealkylation sites (N-methyl/N-ethyl adjacent to an activating group) is 1. The molecule has 1 aromatic carbocycles. The highest BCUT2D eigenvalue weighted by molar-refractivity contribution is 5.60. The van der Waals surface area contributed by atoms with Crippen LogP contribution in [0, 0.1) is 17.1 Å². The number of hydrogen-bond acceptors (Lipinski definition) is 5. The van der Waals surface area contributed by atoms with E-state index in [2.05, 4.69) is 19.8 Å². The van der Waals surface area contributed by atoms with E-state index < -0.39 is 5.82 Å². The van der Waals surface area contributed by atoms with E-state index in [1.807, 2.05) is 25.2 Å². The predicted octanol–water partition coefficient (Wildman–Crippen LogP) is 2.59. The Kier molecular flexibility index (Phi) is 4.38. The Morgan fingerprint density at radius 3 is 3.00 bits per heavy atom. The van der Waals surface area contributed by atoms with Crippen molar-refractivity contribution in [2.45, 2.75) is 18.9 Å². The summed E-state index contributed by atoms with van der Waals surface area (Å²) in [5.74, 6) is 0.405. The molecule has 0 amide bonds. The molecule has 1 fully saturated rings. The van der Waals surface area contributed by atoms with Crippen LogP contribution < -0.4 is 9.80 Å². The number of hydrogen-bond donors (Lipinski definition) is 0. The van der Waals surface area contributed by atoms with Crippen molar-refractivity contribution in [3.63, 3.8) is 0 Å². The van der Waals surface area contributed by atoms with Crippen LogP contribution in [0.5, 0.6) is 0 Å². The molecule has 1 atom stereocenters. The van der Waals surface area contributed by atoms with Gasteiger partial charge in [-0.25, -0.2) is 14.4 Å². The van der Waals surface area contributed by atoms with Gasteiger partial charge >= 0.3 is 0 Å². The fraction of sp³-hybridized carbons (Fsp3) is 0.353. The van der Waals surface area contributed by atoms with Gasteiger partial charge in [-0.3, -0.25) is 0 Å². The first-order valence-electron chi connectivity index (χ1n) is 7.63. The fourth-order valence-corrected chi connectivity index (χ4v) is 3.06. The number of aromatic nitrogens is 2. The quantitative estimate of drug-likeness (QED) is 0.872. The number of piperidine rings is 1. The molecule has 5 nitrogen and oxygen atoms in total. The average molecular weight is 311 g/mol. The van der Waals surface area contributed by atoms with Crippen molar-refractivity contribution in [3.8, 4) is 6.07 Å². The van der Waals surface area contributed by atoms with E-state index in [-0.39, 0.29) is 11.6 Å². The van der Waals surface area contributed by atoms with Gasteiger partial charge in [0.1, 0.15) is 29.6 Å². The van der Waals surface area contributed by atoms with Crippen LogP contribution in [0.2, 0.25) is 0 Å². The maximum Gasteiger partial charge on any atom is 0.143 e. The summed E-state index contributed by atoms with van der Waals surface area (Å²) in [7, 11) is 2.01. The predicted molar refractivity (Wildman–Crippen MR) is 86.8 cm³/mol. The van der Waals surface area contributed by atoms with Crippen molar-refractivity contribution in [1.29, 1.82) is 5.26 Å². The van der Waals surface area contributed by atoms with Crippen molar-refractivity contribution in [3.05, 3.63) is 48.2 Å². The first-order valence-corrected chi connectivity index (χ1v) is 7.63. The summed E-state index contributed by atoms with van der Waals surface area (Å²) in [6, 6.07) is 8.92. The van der Waals surface area contributed by atoms with Crippen LogP contribution in [0.3, 0.4) is 0 Å². The number of nitrogens with zero attached hydrogens (tertiary/aromatic N) is 5. The van der Waals surface area contributed by atoms with Crippen molar-refractivity contribution in [1.82, 2.24) is 9.97 Å². The molecule has 1 aliphatic heterocycles. The number of halogens is 1. The Labute approximate surface area is 135 Å². The van der Waals surface area contributed by atoms with Crippen LogP contribution >= 0.6 is 0 Å². The van der Waals surface area contributed by atoms with Crippen LogP contribution in [0.15, 0.2) is 36.8 Å². The standard InChI is InChI=1S/C17H18FN5/c1-22(17-7-8-20-12-21-17)13-4-3-9-23(11-13)16-6-2-5-15(18)14(16)10-19/h2,5-8,12-13H,3-4,9,11H2,1H3. The number of rotatable bonds is 3. The van der Waals surface area contributed by atoms with E-state index in [1.165, 1.54) is 12.4 Å². The van der Waals surface area contributed by atoms with Crippen molar-refractivity contribution in [2.75, 3.05) is 29.9 Å². The number of anilines is 2. The summed E-state index contributed by atoms with van der Waals surface area (Å²) < 4.78 is 13.8. The molecule has 1 unspecified atom stereocenters. The van der Waals surface area contributed by atoms with Gasteiger partial charge in [0.25, 0.3) is 0 Å². The molecule has 0 bridgehead atoms. The van der Waals surface area contributed by atoms with Gasteiger partial charge in [0, 0.05) is 32.4 Å². The van der Waals surface area contributed by atoms with Gasteiger partial charge in [0.2, 0.25) is 0 Å². The second-order valence-corrected chi connectivity index (χ2v) is 5.67. The molecule has 0 spiro atoms. The van der Waals surface area contributed by atoms with E-state index in [9.17, 15) is 9.65 Å². The fourth-order valence-electron chi connectivity index (χ4n) is 3.06. The number of nitriles is 1. The third-order valence-corrected chi connectivity index (χ3v) is 4.32. The van der Waals surface area contributed by atoms with Gasteiger partial charge in [0.05, 0.1) is 5.69 Å². The molecule has 2 aromatic rings. The Morgan fingerprint density at radius 2 is 2.26 bits per heavy atom. The molecule has 1 aliphatic rings. The Morgan fingerprint density at radius 1 is 1.39 bits per heavy atom. The van der Waals surface area contributed by atoms with Crippen molar-refractivity contribution < 1.29 is 4.39 Å². The first kappa shape index (κ1) is 15.2. The third kappa shape index (κ3) is 3.09. The van der Waals surface area contributed by atoms with Crippen molar-refractivity contribution >= 4 is 11.5 Å². The second kappa shape index (κ2) is 6.61. The van der Waals surface area contributed by atoms with Gasteiger partial charge in [-0.1, -0.05) is 6.07 Å². The zero-order valence-electron chi connectivity index (χ0n) is 13.0. The molecule has 6 heteroatoms. The lowest BCUT2D eigenvalue weighted by Gasteiger charge is -2.39. The highest BCUT2D eigenvalue weighted by atomic mass is 19.1. The smallest absolute Gasteiger partial charge is 0.143 e. The van der Waals surface area contributed by atoms with Crippen LogP contribution in [0.1, 0.15) is 18.4 Å². The highest BCUT2D eigenvalue weighted by Crippen LogP contribution is 2.27. The van der Waals surface area contributed by atoms with E-state index >= 15 is 0 Å². The lowest BCUT2D eigenvalue weighted by atomic mass is 10.0. The zero-order valence-corrected chi connectivity index (χ0v) is 13.0. The van der Waals surface area contributed by atoms with Gasteiger partial charge < -0.3 is 9.80 Å². The maximum atomic E-state index is 13.8. The summed E-state index contributed by atoms with van der Waals surface area (Å²) in [5, 5.41) is 9.24. The van der Waals surface area contributed by atoms with Crippen molar-refractivity contribution in [2.24, 2.45) is 0 Å². The first-order chi connectivity index (χ1) is 11.2. The second-order valence-electron chi connectivity index (χ2n) is 5.67. The zero-order chi connectivity index (χ0) is 16.2. The minimum Gasteiger partial charge on any atom is -0.368 e. The summed E-state index contributed by atoms with van der Waals surface area (Å²) in [6.07, 6.45) is 5.28. The molecule has 3 rings (SSSR count). The molecular formula is C17H18FN5. The van der Waals surface area contributed by atoms with Crippen LogP contribution in [-0.4, -0.2) is 36.1 Å². The summed E-state index contributed by atoms with van der Waals surface area (Å²) in [4.78, 5) is 12.4. The molecular weight excluding hydrogens is 293 g/mol.